The smallest absolute Gasteiger partial charge is 0.151 e. The first kappa shape index (κ1) is 8.27. The molecule has 2 heterocycles. The largest absolute Gasteiger partial charge is 0.356 e. The summed E-state index contributed by atoms with van der Waals surface area (Å²) in [4.78, 5) is 0. The molecular formula is C9H11N3O. The maximum absolute atomic E-state index is 8.77. The van der Waals surface area contributed by atoms with E-state index >= 15 is 0 Å². The van der Waals surface area contributed by atoms with Crippen LogP contribution in [0.4, 0.5) is 0 Å². The molecule has 1 saturated heterocycles. The molecule has 4 heteroatoms. The van der Waals surface area contributed by atoms with Crippen LogP contribution in [0.15, 0.2) is 12.3 Å². The van der Waals surface area contributed by atoms with E-state index in [0.717, 1.165) is 25.9 Å². The van der Waals surface area contributed by atoms with E-state index in [4.69, 9.17) is 10.00 Å². The highest BCUT2D eigenvalue weighted by molar-refractivity contribution is 5.18. The number of nitriles is 1. The summed E-state index contributed by atoms with van der Waals surface area (Å²) in [7, 11) is 0. The number of hydrogen-bond donors (Lipinski definition) is 0. The zero-order valence-corrected chi connectivity index (χ0v) is 7.31. The Morgan fingerprint density at radius 1 is 1.62 bits per heavy atom. The van der Waals surface area contributed by atoms with Gasteiger partial charge in [0.15, 0.2) is 6.23 Å². The summed E-state index contributed by atoms with van der Waals surface area (Å²) in [5.41, 5.74) is 0.576. The molecule has 0 aromatic carbocycles. The van der Waals surface area contributed by atoms with Crippen LogP contribution in [-0.2, 0) is 4.74 Å². The van der Waals surface area contributed by atoms with Crippen LogP contribution < -0.4 is 0 Å². The summed E-state index contributed by atoms with van der Waals surface area (Å²) >= 11 is 0. The van der Waals surface area contributed by atoms with E-state index in [1.165, 1.54) is 0 Å². The van der Waals surface area contributed by atoms with E-state index in [1.807, 2.05) is 0 Å². The van der Waals surface area contributed by atoms with Gasteiger partial charge in [0, 0.05) is 6.61 Å². The van der Waals surface area contributed by atoms with Crippen LogP contribution in [0.2, 0.25) is 0 Å². The van der Waals surface area contributed by atoms with Gasteiger partial charge in [0.05, 0.1) is 6.20 Å². The first-order valence-electron chi connectivity index (χ1n) is 4.47. The highest BCUT2D eigenvalue weighted by Gasteiger charge is 2.18. The predicted molar refractivity (Wildman–Crippen MR) is 45.8 cm³/mol. The van der Waals surface area contributed by atoms with Crippen molar-refractivity contribution in [2.24, 2.45) is 0 Å². The van der Waals surface area contributed by atoms with Gasteiger partial charge in [-0.2, -0.15) is 10.4 Å². The topological polar surface area (TPSA) is 50.8 Å². The Balaban J connectivity index is 2.19. The fraction of sp³-hybridized carbons (Fsp3) is 0.556. The maximum atomic E-state index is 8.77. The lowest BCUT2D eigenvalue weighted by molar-refractivity contribution is -0.0399. The SMILES string of the molecule is N#Cc1ccnn1[C@@H]1CCCCO1. The van der Waals surface area contributed by atoms with Crippen LogP contribution in [0.1, 0.15) is 31.2 Å². The average Bonchev–Trinajstić information content (AvgIpc) is 2.67. The lowest BCUT2D eigenvalue weighted by Gasteiger charge is -2.23. The van der Waals surface area contributed by atoms with Crippen LogP contribution in [0.5, 0.6) is 0 Å². The van der Waals surface area contributed by atoms with Gasteiger partial charge < -0.3 is 4.74 Å². The third kappa shape index (κ3) is 1.56. The third-order valence-electron chi connectivity index (χ3n) is 2.21. The van der Waals surface area contributed by atoms with E-state index in [1.54, 1.807) is 16.9 Å². The summed E-state index contributed by atoms with van der Waals surface area (Å²) in [5.74, 6) is 0. The van der Waals surface area contributed by atoms with Crippen LogP contribution >= 0.6 is 0 Å². The Bertz CT molecular complexity index is 320. The number of nitrogens with zero attached hydrogens (tertiary/aromatic N) is 3. The predicted octanol–water partition coefficient (Wildman–Crippen LogP) is 1.45. The Labute approximate surface area is 76.7 Å². The molecule has 13 heavy (non-hydrogen) atoms. The summed E-state index contributed by atoms with van der Waals surface area (Å²) in [6.45, 7) is 0.773. The monoisotopic (exact) mass is 177 g/mol. The van der Waals surface area contributed by atoms with Gasteiger partial charge in [0.25, 0.3) is 0 Å². The molecule has 1 aromatic rings. The fourth-order valence-corrected chi connectivity index (χ4v) is 1.55. The Hall–Kier alpha value is -1.34. The Kier molecular flexibility index (Phi) is 2.28. The number of rotatable bonds is 1. The second-order valence-corrected chi connectivity index (χ2v) is 3.09. The van der Waals surface area contributed by atoms with Gasteiger partial charge >= 0.3 is 0 Å². The molecule has 0 bridgehead atoms. The van der Waals surface area contributed by atoms with E-state index in [0.29, 0.717) is 5.69 Å². The van der Waals surface area contributed by atoms with Crippen molar-refractivity contribution < 1.29 is 4.74 Å². The Morgan fingerprint density at radius 2 is 2.54 bits per heavy atom. The molecule has 0 aliphatic carbocycles. The van der Waals surface area contributed by atoms with Crippen molar-refractivity contribution in [3.8, 4) is 6.07 Å². The molecule has 1 aliphatic rings. The second-order valence-electron chi connectivity index (χ2n) is 3.09. The lowest BCUT2D eigenvalue weighted by Crippen LogP contribution is -2.20. The van der Waals surface area contributed by atoms with Crippen molar-refractivity contribution >= 4 is 0 Å². The van der Waals surface area contributed by atoms with Crippen molar-refractivity contribution in [2.75, 3.05) is 6.61 Å². The van der Waals surface area contributed by atoms with Gasteiger partial charge in [-0.1, -0.05) is 0 Å². The zero-order chi connectivity index (χ0) is 9.10. The van der Waals surface area contributed by atoms with E-state index in [9.17, 15) is 0 Å². The molecule has 0 spiro atoms. The van der Waals surface area contributed by atoms with Gasteiger partial charge in [0.1, 0.15) is 11.8 Å². The van der Waals surface area contributed by atoms with Crippen LogP contribution in [0, 0.1) is 11.3 Å². The minimum Gasteiger partial charge on any atom is -0.356 e. The van der Waals surface area contributed by atoms with Gasteiger partial charge in [-0.15, -0.1) is 0 Å². The molecule has 1 aliphatic heterocycles. The molecule has 2 rings (SSSR count). The molecule has 0 radical (unpaired) electrons. The zero-order valence-electron chi connectivity index (χ0n) is 7.31. The molecule has 1 aromatic heterocycles. The minimum absolute atomic E-state index is 0.0293. The summed E-state index contributed by atoms with van der Waals surface area (Å²) < 4.78 is 7.18. The first-order chi connectivity index (χ1) is 6.42. The molecule has 0 unspecified atom stereocenters. The Morgan fingerprint density at radius 3 is 3.23 bits per heavy atom. The molecule has 0 saturated carbocycles. The standard InChI is InChI=1S/C9H11N3O/c10-7-8-4-5-11-12(8)9-3-1-2-6-13-9/h4-5,9H,1-3,6H2/t9-/m0/s1. The minimum atomic E-state index is -0.0293. The lowest BCUT2D eigenvalue weighted by atomic mass is 10.2. The summed E-state index contributed by atoms with van der Waals surface area (Å²) in [6.07, 6.45) is 4.82. The van der Waals surface area contributed by atoms with E-state index in [2.05, 4.69) is 11.2 Å². The first-order valence-corrected chi connectivity index (χ1v) is 4.47. The van der Waals surface area contributed by atoms with Crippen LogP contribution in [-0.4, -0.2) is 16.4 Å². The molecular weight excluding hydrogens is 166 g/mol. The molecule has 1 fully saturated rings. The van der Waals surface area contributed by atoms with E-state index in [-0.39, 0.29) is 6.23 Å². The fourth-order valence-electron chi connectivity index (χ4n) is 1.55. The number of hydrogen-bond acceptors (Lipinski definition) is 3. The van der Waals surface area contributed by atoms with Crippen molar-refractivity contribution in [1.82, 2.24) is 9.78 Å². The van der Waals surface area contributed by atoms with Gasteiger partial charge in [-0.05, 0) is 25.3 Å². The van der Waals surface area contributed by atoms with E-state index < -0.39 is 0 Å². The quantitative estimate of drug-likeness (QED) is 0.652. The molecule has 1 atom stereocenters. The molecule has 68 valence electrons. The highest BCUT2D eigenvalue weighted by Crippen LogP contribution is 2.22. The van der Waals surface area contributed by atoms with Crippen LogP contribution in [0.25, 0.3) is 0 Å². The molecule has 0 amide bonds. The normalized spacial score (nSPS) is 22.5. The average molecular weight is 177 g/mol. The summed E-state index contributed by atoms with van der Waals surface area (Å²) in [5, 5.41) is 12.9. The van der Waals surface area contributed by atoms with Crippen molar-refractivity contribution in [1.29, 1.82) is 5.26 Å². The highest BCUT2D eigenvalue weighted by atomic mass is 16.5. The van der Waals surface area contributed by atoms with Gasteiger partial charge in [-0.25, -0.2) is 4.68 Å². The van der Waals surface area contributed by atoms with Gasteiger partial charge in [-0.3, -0.25) is 0 Å². The van der Waals surface area contributed by atoms with Crippen molar-refractivity contribution in [3.63, 3.8) is 0 Å². The second kappa shape index (κ2) is 3.58. The molecule has 4 nitrogen and oxygen atoms in total. The van der Waals surface area contributed by atoms with Gasteiger partial charge in [0.2, 0.25) is 0 Å². The number of aromatic nitrogens is 2. The van der Waals surface area contributed by atoms with Crippen molar-refractivity contribution in [2.45, 2.75) is 25.5 Å². The molecule has 0 N–H and O–H groups in total. The van der Waals surface area contributed by atoms with Crippen molar-refractivity contribution in [3.05, 3.63) is 18.0 Å². The maximum Gasteiger partial charge on any atom is 0.151 e. The third-order valence-corrected chi connectivity index (χ3v) is 2.21. The number of ether oxygens (including phenoxy) is 1. The van der Waals surface area contributed by atoms with Crippen LogP contribution in [0.3, 0.4) is 0 Å². The summed E-state index contributed by atoms with van der Waals surface area (Å²) in [6, 6.07) is 3.80.